The van der Waals surface area contributed by atoms with Crippen LogP contribution in [0.1, 0.15) is 39.7 Å². The highest BCUT2D eigenvalue weighted by molar-refractivity contribution is 7.86. The summed E-state index contributed by atoms with van der Waals surface area (Å²) in [5.41, 5.74) is 5.71. The Morgan fingerprint density at radius 3 is 1.54 bits per heavy atom. The molecule has 2 aliphatic heterocycles. The minimum Gasteiger partial charge on any atom is -0.396 e. The summed E-state index contributed by atoms with van der Waals surface area (Å²) < 4.78 is 31.0. The number of halogens is 4. The zero-order valence-corrected chi connectivity index (χ0v) is 33.8. The lowest BCUT2D eigenvalue weighted by Gasteiger charge is -2.19. The van der Waals surface area contributed by atoms with Gasteiger partial charge in [0, 0.05) is 69.5 Å². The summed E-state index contributed by atoms with van der Waals surface area (Å²) in [7, 11) is -3.83. The first-order chi connectivity index (χ1) is 26.0. The molecule has 0 spiro atoms. The van der Waals surface area contributed by atoms with E-state index >= 15 is 0 Å². The Kier molecular flexibility index (Phi) is 14.2. The van der Waals surface area contributed by atoms with Crippen LogP contribution in [0.3, 0.4) is 0 Å². The van der Waals surface area contributed by atoms with Crippen molar-refractivity contribution in [2.24, 2.45) is 11.8 Å². The second kappa shape index (κ2) is 18.8. The van der Waals surface area contributed by atoms with Crippen LogP contribution in [0.4, 0.5) is 0 Å². The first kappa shape index (κ1) is 40.7. The van der Waals surface area contributed by atoms with Gasteiger partial charge in [-0.25, -0.2) is 0 Å². The monoisotopic (exact) mass is 824 g/mol. The number of aliphatic hydroxyl groups is 1. The van der Waals surface area contributed by atoms with Crippen molar-refractivity contribution in [2.75, 3.05) is 39.4 Å². The van der Waals surface area contributed by atoms with Crippen molar-refractivity contribution < 1.29 is 17.7 Å². The van der Waals surface area contributed by atoms with Gasteiger partial charge in [-0.05, 0) is 65.6 Å². The normalized spacial score (nSPS) is 20.5. The van der Waals surface area contributed by atoms with Gasteiger partial charge >= 0.3 is 0 Å². The van der Waals surface area contributed by atoms with Gasteiger partial charge in [0.15, 0.2) is 0 Å². The second-order valence-electron chi connectivity index (χ2n) is 14.2. The SMILES string of the molecule is Cc1ccc(S(=O)(=O)OCC2CN(Cc3ccccc3)CC2c2ccc(Cl)c(Cl)c2)cc1.OCC1CN(Cc2ccccc2)CC1c1ccc(Cl)c(Cl)c1. The highest BCUT2D eigenvalue weighted by atomic mass is 35.5. The largest absolute Gasteiger partial charge is 0.396 e. The molecule has 54 heavy (non-hydrogen) atoms. The summed E-state index contributed by atoms with van der Waals surface area (Å²) in [5.74, 6) is 0.613. The minimum absolute atomic E-state index is 0.00354. The molecule has 4 atom stereocenters. The lowest BCUT2D eigenvalue weighted by atomic mass is 9.89. The third-order valence-corrected chi connectivity index (χ3v) is 13.0. The van der Waals surface area contributed by atoms with Gasteiger partial charge in [-0.15, -0.1) is 0 Å². The molecule has 2 heterocycles. The van der Waals surface area contributed by atoms with E-state index in [4.69, 9.17) is 50.6 Å². The second-order valence-corrected chi connectivity index (χ2v) is 17.4. The van der Waals surface area contributed by atoms with Crippen LogP contribution in [0.25, 0.3) is 0 Å². The van der Waals surface area contributed by atoms with Crippen LogP contribution in [-0.4, -0.2) is 62.7 Å². The van der Waals surface area contributed by atoms with Gasteiger partial charge in [0.05, 0.1) is 31.6 Å². The molecule has 11 heteroatoms. The van der Waals surface area contributed by atoms with Crippen LogP contribution in [0, 0.1) is 18.8 Å². The van der Waals surface area contributed by atoms with E-state index in [0.717, 1.165) is 56.0 Å². The summed E-state index contributed by atoms with van der Waals surface area (Å²) in [5, 5.41) is 11.9. The maximum Gasteiger partial charge on any atom is 0.296 e. The first-order valence-electron chi connectivity index (χ1n) is 18.0. The van der Waals surface area contributed by atoms with E-state index in [-0.39, 0.29) is 35.9 Å². The van der Waals surface area contributed by atoms with Crippen molar-refractivity contribution in [3.05, 3.63) is 169 Å². The molecule has 0 saturated carbocycles. The lowest BCUT2D eigenvalue weighted by molar-refractivity contribution is 0.214. The van der Waals surface area contributed by atoms with E-state index < -0.39 is 10.1 Å². The van der Waals surface area contributed by atoms with Gasteiger partial charge in [0.1, 0.15) is 0 Å². The molecule has 2 fully saturated rings. The van der Waals surface area contributed by atoms with Crippen LogP contribution in [0.15, 0.2) is 126 Å². The van der Waals surface area contributed by atoms with Crippen LogP contribution in [0.5, 0.6) is 0 Å². The van der Waals surface area contributed by atoms with E-state index in [1.165, 1.54) is 11.1 Å². The number of hydrogen-bond donors (Lipinski definition) is 1. The molecule has 6 nitrogen and oxygen atoms in total. The summed E-state index contributed by atoms with van der Waals surface area (Å²) in [6.07, 6.45) is 0. The van der Waals surface area contributed by atoms with Crippen LogP contribution >= 0.6 is 46.4 Å². The zero-order chi connectivity index (χ0) is 38.2. The van der Waals surface area contributed by atoms with Crippen LogP contribution in [0.2, 0.25) is 20.1 Å². The smallest absolute Gasteiger partial charge is 0.296 e. The maximum atomic E-state index is 12.7. The molecule has 7 rings (SSSR count). The van der Waals surface area contributed by atoms with Crippen molar-refractivity contribution in [1.29, 1.82) is 0 Å². The molecular formula is C43H44Cl4N2O4S. The van der Waals surface area contributed by atoms with Crippen molar-refractivity contribution in [3.8, 4) is 0 Å². The van der Waals surface area contributed by atoms with Crippen molar-refractivity contribution >= 4 is 56.5 Å². The van der Waals surface area contributed by atoms with Crippen molar-refractivity contribution in [2.45, 2.75) is 36.7 Å². The molecule has 2 saturated heterocycles. The van der Waals surface area contributed by atoms with Gasteiger partial charge in [-0.1, -0.05) is 137 Å². The minimum atomic E-state index is -3.83. The molecule has 0 aromatic heterocycles. The maximum absolute atomic E-state index is 12.7. The highest BCUT2D eigenvalue weighted by Gasteiger charge is 2.36. The molecule has 5 aromatic carbocycles. The van der Waals surface area contributed by atoms with E-state index in [1.807, 2.05) is 61.5 Å². The first-order valence-corrected chi connectivity index (χ1v) is 20.9. The molecule has 1 N–H and O–H groups in total. The average Bonchev–Trinajstić information content (AvgIpc) is 3.78. The van der Waals surface area contributed by atoms with Gasteiger partial charge in [0.25, 0.3) is 10.1 Å². The fourth-order valence-electron chi connectivity index (χ4n) is 7.41. The number of nitrogens with zero attached hydrogens (tertiary/aromatic N) is 2. The Labute approximate surface area is 339 Å². The average molecular weight is 827 g/mol. The summed E-state index contributed by atoms with van der Waals surface area (Å²) in [4.78, 5) is 4.90. The Morgan fingerprint density at radius 2 is 1.07 bits per heavy atom. The Balaban J connectivity index is 0.000000197. The molecule has 4 unspecified atom stereocenters. The quantitative estimate of drug-likeness (QED) is 0.134. The van der Waals surface area contributed by atoms with Gasteiger partial charge in [-0.2, -0.15) is 8.42 Å². The molecule has 2 aliphatic rings. The predicted octanol–water partition coefficient (Wildman–Crippen LogP) is 10.1. The predicted molar refractivity (Wildman–Crippen MR) is 220 cm³/mol. The molecule has 0 aliphatic carbocycles. The Bertz CT molecular complexity index is 2090. The van der Waals surface area contributed by atoms with E-state index in [9.17, 15) is 13.5 Å². The number of likely N-dealkylation sites (tertiary alicyclic amines) is 2. The molecular weight excluding hydrogens is 782 g/mol. The molecule has 0 bridgehead atoms. The Morgan fingerprint density at radius 1 is 0.611 bits per heavy atom. The zero-order valence-electron chi connectivity index (χ0n) is 30.0. The summed E-state index contributed by atoms with van der Waals surface area (Å²) in [6.45, 7) is 7.25. The van der Waals surface area contributed by atoms with Crippen molar-refractivity contribution in [1.82, 2.24) is 9.80 Å². The standard InChI is InChI=1S/C25H25Cl2NO3S.C18H19Cl2NO/c1-18-7-10-22(11-8-18)32(29,30)31-17-21-15-28(14-19-5-3-2-4-6-19)16-23(21)20-9-12-24(26)25(27)13-20;19-17-7-6-14(8-18(17)20)16-11-21(10-15(16)12-22)9-13-4-2-1-3-5-13/h2-13,21,23H,14-17H2,1H3;1-8,15-16,22H,9-12H2. The number of aliphatic hydroxyl groups excluding tert-OH is 1. The van der Waals surface area contributed by atoms with Gasteiger partial charge < -0.3 is 5.11 Å². The number of aryl methyl sites for hydroxylation is 1. The highest BCUT2D eigenvalue weighted by Crippen LogP contribution is 2.38. The van der Waals surface area contributed by atoms with E-state index in [0.29, 0.717) is 26.0 Å². The number of rotatable bonds is 11. The summed E-state index contributed by atoms with van der Waals surface area (Å²) >= 11 is 24.5. The third kappa shape index (κ3) is 10.7. The van der Waals surface area contributed by atoms with Gasteiger partial charge in [0.2, 0.25) is 0 Å². The van der Waals surface area contributed by atoms with Crippen LogP contribution < -0.4 is 0 Å². The fourth-order valence-corrected chi connectivity index (χ4v) is 8.98. The van der Waals surface area contributed by atoms with E-state index in [2.05, 4.69) is 46.2 Å². The number of hydrogen-bond acceptors (Lipinski definition) is 6. The summed E-state index contributed by atoms with van der Waals surface area (Å²) in [6, 6.07) is 38.8. The Hall–Kier alpha value is -2.95. The van der Waals surface area contributed by atoms with Crippen molar-refractivity contribution in [3.63, 3.8) is 0 Å². The van der Waals surface area contributed by atoms with Gasteiger partial charge in [-0.3, -0.25) is 14.0 Å². The van der Waals surface area contributed by atoms with Crippen LogP contribution in [-0.2, 0) is 27.4 Å². The fraction of sp³-hybridized carbons (Fsp3) is 0.302. The lowest BCUT2D eigenvalue weighted by Crippen LogP contribution is -2.22. The topological polar surface area (TPSA) is 70.1 Å². The van der Waals surface area contributed by atoms with E-state index in [1.54, 1.807) is 30.3 Å². The molecule has 5 aromatic rings. The molecule has 0 amide bonds. The molecule has 0 radical (unpaired) electrons. The number of benzene rings is 5. The third-order valence-electron chi connectivity index (χ3n) is 10.3. The molecule has 284 valence electrons.